The van der Waals surface area contributed by atoms with Gasteiger partial charge in [0.1, 0.15) is 5.75 Å². The lowest BCUT2D eigenvalue weighted by molar-refractivity contribution is 0.311. The van der Waals surface area contributed by atoms with Crippen molar-refractivity contribution in [3.8, 4) is 17.0 Å². The van der Waals surface area contributed by atoms with E-state index in [1.807, 2.05) is 30.3 Å². The van der Waals surface area contributed by atoms with Crippen LogP contribution in [0.15, 0.2) is 42.6 Å². The predicted molar refractivity (Wildman–Crippen MR) is 75.9 cm³/mol. The lowest BCUT2D eigenvalue weighted by atomic mass is 10.1. The molecule has 0 N–H and O–H groups in total. The predicted octanol–water partition coefficient (Wildman–Crippen LogP) is 2.23. The van der Waals surface area contributed by atoms with Crippen LogP contribution in [-0.2, 0) is 20.9 Å². The molecule has 6 heteroatoms. The number of nitrogens with zero attached hydrogens (tertiary/aromatic N) is 1. The minimum Gasteiger partial charge on any atom is -0.497 e. The van der Waals surface area contributed by atoms with Gasteiger partial charge in [0.25, 0.3) is 10.1 Å². The molecule has 20 heavy (non-hydrogen) atoms. The first kappa shape index (κ1) is 14.5. The number of hydrogen-bond donors (Lipinski definition) is 0. The molecule has 106 valence electrons. The van der Waals surface area contributed by atoms with E-state index in [2.05, 4.69) is 4.98 Å². The summed E-state index contributed by atoms with van der Waals surface area (Å²) in [6.07, 6.45) is 2.62. The molecule has 0 saturated heterocycles. The van der Waals surface area contributed by atoms with E-state index in [0.717, 1.165) is 23.3 Å². The van der Waals surface area contributed by atoms with Crippen LogP contribution in [-0.4, -0.2) is 26.8 Å². The highest BCUT2D eigenvalue weighted by molar-refractivity contribution is 7.85. The van der Waals surface area contributed by atoms with Crippen molar-refractivity contribution < 1.29 is 17.3 Å². The van der Waals surface area contributed by atoms with Gasteiger partial charge in [0.2, 0.25) is 0 Å². The molecule has 5 nitrogen and oxygen atoms in total. The van der Waals surface area contributed by atoms with Crippen molar-refractivity contribution in [2.45, 2.75) is 6.61 Å². The fraction of sp³-hybridized carbons (Fsp3) is 0.214. The summed E-state index contributed by atoms with van der Waals surface area (Å²) in [4.78, 5) is 4.29. The molecule has 0 aliphatic carbocycles. The number of benzene rings is 1. The monoisotopic (exact) mass is 293 g/mol. The fourth-order valence-corrected chi connectivity index (χ4v) is 1.97. The van der Waals surface area contributed by atoms with Crippen LogP contribution in [0.4, 0.5) is 0 Å². The highest BCUT2D eigenvalue weighted by Gasteiger charge is 2.04. The Bertz CT molecular complexity index is 663. The van der Waals surface area contributed by atoms with E-state index in [4.69, 9.17) is 8.92 Å². The average molecular weight is 293 g/mol. The van der Waals surface area contributed by atoms with Crippen LogP contribution in [0.5, 0.6) is 5.75 Å². The topological polar surface area (TPSA) is 65.5 Å². The number of hydrogen-bond acceptors (Lipinski definition) is 5. The molecule has 0 fully saturated rings. The Balaban J connectivity index is 2.10. The van der Waals surface area contributed by atoms with E-state index in [-0.39, 0.29) is 6.61 Å². The number of methoxy groups -OCH3 is 1. The van der Waals surface area contributed by atoms with Gasteiger partial charge >= 0.3 is 0 Å². The van der Waals surface area contributed by atoms with E-state index in [1.54, 1.807) is 19.4 Å². The summed E-state index contributed by atoms with van der Waals surface area (Å²) in [6, 6.07) is 11.2. The number of aromatic nitrogens is 1. The van der Waals surface area contributed by atoms with E-state index in [9.17, 15) is 8.42 Å². The maximum atomic E-state index is 10.9. The van der Waals surface area contributed by atoms with Crippen molar-refractivity contribution in [2.75, 3.05) is 13.4 Å². The van der Waals surface area contributed by atoms with Crippen molar-refractivity contribution in [3.05, 3.63) is 48.2 Å². The molecule has 0 atom stereocenters. The van der Waals surface area contributed by atoms with Crippen LogP contribution in [0, 0.1) is 0 Å². The van der Waals surface area contributed by atoms with Gasteiger partial charge in [-0.25, -0.2) is 0 Å². The van der Waals surface area contributed by atoms with Crippen molar-refractivity contribution in [3.63, 3.8) is 0 Å². The molecule has 1 heterocycles. The van der Waals surface area contributed by atoms with E-state index in [0.29, 0.717) is 5.56 Å². The standard InChI is InChI=1S/C14H15NO4S/c1-18-13-6-4-12(5-7-13)14-8-3-11(9-15-14)10-19-20(2,16)17/h3-9H,10H2,1-2H3. The van der Waals surface area contributed by atoms with Gasteiger partial charge in [0.15, 0.2) is 0 Å². The van der Waals surface area contributed by atoms with Crippen LogP contribution >= 0.6 is 0 Å². The van der Waals surface area contributed by atoms with Gasteiger partial charge in [0.05, 0.1) is 25.7 Å². The zero-order valence-corrected chi connectivity index (χ0v) is 12.1. The highest BCUT2D eigenvalue weighted by Crippen LogP contribution is 2.20. The molecule has 0 radical (unpaired) electrons. The summed E-state index contributed by atoms with van der Waals surface area (Å²) >= 11 is 0. The maximum Gasteiger partial charge on any atom is 0.264 e. The van der Waals surface area contributed by atoms with Crippen molar-refractivity contribution >= 4 is 10.1 Å². The zero-order chi connectivity index (χ0) is 14.6. The Morgan fingerprint density at radius 1 is 1.10 bits per heavy atom. The summed E-state index contributed by atoms with van der Waals surface area (Å²) < 4.78 is 31.6. The molecule has 2 rings (SSSR count). The summed E-state index contributed by atoms with van der Waals surface area (Å²) in [5.41, 5.74) is 2.46. The summed E-state index contributed by atoms with van der Waals surface area (Å²) in [5.74, 6) is 0.784. The van der Waals surface area contributed by atoms with Crippen molar-refractivity contribution in [2.24, 2.45) is 0 Å². The Morgan fingerprint density at radius 3 is 2.30 bits per heavy atom. The lowest BCUT2D eigenvalue weighted by Crippen LogP contribution is -2.02. The van der Waals surface area contributed by atoms with Gasteiger partial charge in [-0.2, -0.15) is 8.42 Å². The van der Waals surface area contributed by atoms with Gasteiger partial charge in [-0.15, -0.1) is 0 Å². The summed E-state index contributed by atoms with van der Waals surface area (Å²) in [5, 5.41) is 0. The maximum absolute atomic E-state index is 10.9. The average Bonchev–Trinajstić information content (AvgIpc) is 2.45. The summed E-state index contributed by atoms with van der Waals surface area (Å²) in [7, 11) is -1.82. The minimum atomic E-state index is -3.43. The largest absolute Gasteiger partial charge is 0.497 e. The first-order valence-corrected chi connectivity index (χ1v) is 7.73. The third kappa shape index (κ3) is 4.04. The molecule has 0 unspecified atom stereocenters. The second-order valence-corrected chi connectivity index (χ2v) is 5.89. The lowest BCUT2D eigenvalue weighted by Gasteiger charge is -2.05. The Kier molecular flexibility index (Phi) is 4.36. The molecular formula is C14H15NO4S. The van der Waals surface area contributed by atoms with E-state index >= 15 is 0 Å². The van der Waals surface area contributed by atoms with Crippen LogP contribution in [0.25, 0.3) is 11.3 Å². The summed E-state index contributed by atoms with van der Waals surface area (Å²) in [6.45, 7) is -0.00523. The van der Waals surface area contributed by atoms with Crippen molar-refractivity contribution in [1.29, 1.82) is 0 Å². The number of pyridine rings is 1. The highest BCUT2D eigenvalue weighted by atomic mass is 32.2. The first-order chi connectivity index (χ1) is 9.48. The van der Waals surface area contributed by atoms with E-state index < -0.39 is 10.1 Å². The van der Waals surface area contributed by atoms with Crippen LogP contribution in [0.2, 0.25) is 0 Å². The Labute approximate surface area is 118 Å². The normalized spacial score (nSPS) is 11.3. The molecule has 2 aromatic rings. The smallest absolute Gasteiger partial charge is 0.264 e. The molecule has 0 bridgehead atoms. The van der Waals surface area contributed by atoms with Gasteiger partial charge in [0, 0.05) is 11.8 Å². The third-order valence-electron chi connectivity index (χ3n) is 2.65. The molecule has 0 amide bonds. The molecule has 1 aromatic carbocycles. The van der Waals surface area contributed by atoms with Gasteiger partial charge in [-0.1, -0.05) is 6.07 Å². The molecule has 1 aromatic heterocycles. The SMILES string of the molecule is COc1ccc(-c2ccc(COS(C)(=O)=O)cn2)cc1. The minimum absolute atomic E-state index is 0.00523. The van der Waals surface area contributed by atoms with Gasteiger partial charge in [-0.05, 0) is 35.9 Å². The molecule has 0 spiro atoms. The van der Waals surface area contributed by atoms with Crippen LogP contribution < -0.4 is 4.74 Å². The van der Waals surface area contributed by atoms with Crippen molar-refractivity contribution in [1.82, 2.24) is 4.98 Å². The van der Waals surface area contributed by atoms with Gasteiger partial charge in [-0.3, -0.25) is 9.17 Å². The second-order valence-electron chi connectivity index (χ2n) is 4.25. The molecular weight excluding hydrogens is 278 g/mol. The first-order valence-electron chi connectivity index (χ1n) is 5.92. The zero-order valence-electron chi connectivity index (χ0n) is 11.2. The molecule has 0 aliphatic heterocycles. The van der Waals surface area contributed by atoms with Crippen LogP contribution in [0.1, 0.15) is 5.56 Å². The second kappa shape index (κ2) is 6.02. The number of rotatable bonds is 5. The molecule has 0 saturated carbocycles. The van der Waals surface area contributed by atoms with Crippen LogP contribution in [0.3, 0.4) is 0 Å². The molecule has 0 aliphatic rings. The Morgan fingerprint density at radius 2 is 1.80 bits per heavy atom. The quantitative estimate of drug-likeness (QED) is 0.791. The number of ether oxygens (including phenoxy) is 1. The van der Waals surface area contributed by atoms with E-state index in [1.165, 1.54) is 0 Å². The fourth-order valence-electron chi connectivity index (χ4n) is 1.62. The van der Waals surface area contributed by atoms with Gasteiger partial charge < -0.3 is 4.74 Å². The third-order valence-corrected chi connectivity index (χ3v) is 3.20. The Hall–Kier alpha value is -1.92.